The largest absolute Gasteiger partial charge is 0.458 e. The summed E-state index contributed by atoms with van der Waals surface area (Å²) < 4.78 is 22.1. The molecule has 0 spiro atoms. The first kappa shape index (κ1) is 23.5. The van der Waals surface area contributed by atoms with Crippen LogP contribution < -0.4 is 10.9 Å². The van der Waals surface area contributed by atoms with Crippen LogP contribution in [-0.4, -0.2) is 38.2 Å². The second-order valence-electron chi connectivity index (χ2n) is 10.7. The Morgan fingerprint density at radius 1 is 1.21 bits per heavy atom. The SMILES string of the molecule is CC[C@@]1(O)C(=O)OCc2c1cc1n(c2=O)Cc2c-1nc1cc(F)c(C3CC3)c3c1c2[C@H](NC(=O)CO)CC3. The minimum atomic E-state index is -1.95. The highest BCUT2D eigenvalue weighted by Gasteiger charge is 2.46. The van der Waals surface area contributed by atoms with Gasteiger partial charge in [-0.05, 0) is 60.8 Å². The van der Waals surface area contributed by atoms with E-state index < -0.39 is 30.1 Å². The van der Waals surface area contributed by atoms with Crippen molar-refractivity contribution in [3.05, 3.63) is 61.7 Å². The number of aliphatic hydroxyl groups excluding tert-OH is 1. The van der Waals surface area contributed by atoms with Gasteiger partial charge in [0.05, 0.1) is 35.1 Å². The molecule has 0 saturated heterocycles. The number of carbonyl (C=O) groups excluding carboxylic acids is 2. The number of fused-ring (bicyclic) bond motifs is 5. The number of nitrogens with zero attached hydrogens (tertiary/aromatic N) is 2. The monoisotopic (exact) mass is 519 g/mol. The van der Waals surface area contributed by atoms with Gasteiger partial charge in [-0.3, -0.25) is 9.59 Å². The molecule has 0 bridgehead atoms. The number of cyclic esters (lactones) is 1. The molecule has 2 aliphatic carbocycles. The maximum atomic E-state index is 15.4. The van der Waals surface area contributed by atoms with Crippen molar-refractivity contribution < 1.29 is 28.9 Å². The number of aromatic nitrogens is 2. The van der Waals surface area contributed by atoms with E-state index in [4.69, 9.17) is 9.72 Å². The topological polar surface area (TPSA) is 131 Å². The van der Waals surface area contributed by atoms with E-state index >= 15 is 4.39 Å². The molecule has 0 radical (unpaired) electrons. The van der Waals surface area contributed by atoms with Crippen LogP contribution in [0.5, 0.6) is 0 Å². The Morgan fingerprint density at radius 3 is 2.71 bits per heavy atom. The Hall–Kier alpha value is -3.63. The molecule has 4 heterocycles. The summed E-state index contributed by atoms with van der Waals surface area (Å²) in [6.07, 6.45) is 2.97. The number of aryl methyl sites for hydroxylation is 1. The molecular weight excluding hydrogens is 493 g/mol. The predicted molar refractivity (Wildman–Crippen MR) is 133 cm³/mol. The van der Waals surface area contributed by atoms with Crippen molar-refractivity contribution in [3.63, 3.8) is 0 Å². The van der Waals surface area contributed by atoms with Crippen LogP contribution in [0.15, 0.2) is 16.9 Å². The second-order valence-corrected chi connectivity index (χ2v) is 10.7. The number of hydrogen-bond acceptors (Lipinski definition) is 7. The van der Waals surface area contributed by atoms with Crippen molar-refractivity contribution in [1.29, 1.82) is 0 Å². The second kappa shape index (κ2) is 7.94. The number of nitrogens with one attached hydrogen (secondary N) is 1. The van der Waals surface area contributed by atoms with Gasteiger partial charge in [-0.15, -0.1) is 0 Å². The first-order valence-corrected chi connectivity index (χ1v) is 13.0. The summed E-state index contributed by atoms with van der Waals surface area (Å²) in [7, 11) is 0. The van der Waals surface area contributed by atoms with E-state index in [1.807, 2.05) is 0 Å². The summed E-state index contributed by atoms with van der Waals surface area (Å²) >= 11 is 0. The lowest BCUT2D eigenvalue weighted by Crippen LogP contribution is -2.44. The van der Waals surface area contributed by atoms with Crippen molar-refractivity contribution >= 4 is 22.8 Å². The molecule has 38 heavy (non-hydrogen) atoms. The summed E-state index contributed by atoms with van der Waals surface area (Å²) in [5.41, 5.74) is 2.55. The zero-order valence-corrected chi connectivity index (χ0v) is 20.8. The minimum absolute atomic E-state index is 0.0266. The minimum Gasteiger partial charge on any atom is -0.458 e. The summed E-state index contributed by atoms with van der Waals surface area (Å²) in [6, 6.07) is 2.61. The molecule has 1 amide bonds. The maximum Gasteiger partial charge on any atom is 0.343 e. The molecule has 1 saturated carbocycles. The van der Waals surface area contributed by atoms with Crippen LogP contribution in [0.25, 0.3) is 22.3 Å². The lowest BCUT2D eigenvalue weighted by molar-refractivity contribution is -0.172. The van der Waals surface area contributed by atoms with Crippen molar-refractivity contribution in [2.45, 2.75) is 69.7 Å². The van der Waals surface area contributed by atoms with E-state index in [1.54, 1.807) is 17.6 Å². The number of carbonyl (C=O) groups is 2. The summed E-state index contributed by atoms with van der Waals surface area (Å²) in [6.45, 7) is 0.922. The number of pyridine rings is 2. The van der Waals surface area contributed by atoms with Gasteiger partial charge in [0, 0.05) is 22.6 Å². The Balaban J connectivity index is 1.52. The molecule has 3 N–H and O–H groups in total. The average Bonchev–Trinajstić information content (AvgIpc) is 3.68. The lowest BCUT2D eigenvalue weighted by Gasteiger charge is -2.31. The molecule has 10 heteroatoms. The number of esters is 1. The third-order valence-electron chi connectivity index (χ3n) is 8.61. The van der Waals surface area contributed by atoms with Gasteiger partial charge in [-0.25, -0.2) is 14.2 Å². The smallest absolute Gasteiger partial charge is 0.343 e. The fourth-order valence-electron chi connectivity index (χ4n) is 6.62. The Morgan fingerprint density at radius 2 is 2.00 bits per heavy atom. The molecule has 2 atom stereocenters. The molecule has 2 aromatic heterocycles. The molecule has 1 fully saturated rings. The van der Waals surface area contributed by atoms with Gasteiger partial charge in [0.2, 0.25) is 5.91 Å². The highest BCUT2D eigenvalue weighted by molar-refractivity contribution is 5.94. The van der Waals surface area contributed by atoms with Crippen molar-refractivity contribution in [2.75, 3.05) is 6.61 Å². The van der Waals surface area contributed by atoms with Crippen LogP contribution in [0, 0.1) is 5.82 Å². The highest BCUT2D eigenvalue weighted by atomic mass is 19.1. The average molecular weight is 520 g/mol. The molecule has 196 valence electrons. The Bertz CT molecular complexity index is 1660. The van der Waals surface area contributed by atoms with E-state index in [1.165, 1.54) is 6.07 Å². The van der Waals surface area contributed by atoms with Gasteiger partial charge < -0.3 is 24.8 Å². The van der Waals surface area contributed by atoms with Gasteiger partial charge in [-0.2, -0.15) is 0 Å². The van der Waals surface area contributed by atoms with Crippen LogP contribution >= 0.6 is 0 Å². The fraction of sp³-hybridized carbons (Fsp3) is 0.429. The Kier molecular flexibility index (Phi) is 4.91. The molecular formula is C28H26FN3O6. The zero-order valence-electron chi connectivity index (χ0n) is 20.8. The first-order chi connectivity index (χ1) is 18.3. The Labute approximate surface area is 216 Å². The number of benzene rings is 1. The normalized spacial score (nSPS) is 23.1. The number of aliphatic hydroxyl groups is 2. The van der Waals surface area contributed by atoms with Crippen molar-refractivity contribution in [1.82, 2.24) is 14.9 Å². The maximum absolute atomic E-state index is 15.4. The van der Waals surface area contributed by atoms with Crippen LogP contribution in [0.2, 0.25) is 0 Å². The molecule has 2 aliphatic heterocycles. The summed E-state index contributed by atoms with van der Waals surface area (Å²) in [4.78, 5) is 43.2. The van der Waals surface area contributed by atoms with E-state index in [9.17, 15) is 24.6 Å². The fourth-order valence-corrected chi connectivity index (χ4v) is 6.62. The predicted octanol–water partition coefficient (Wildman–Crippen LogP) is 2.19. The van der Waals surface area contributed by atoms with E-state index in [2.05, 4.69) is 5.32 Å². The first-order valence-electron chi connectivity index (χ1n) is 13.0. The number of halogens is 1. The molecule has 4 aliphatic rings. The number of amides is 1. The van der Waals surface area contributed by atoms with Crippen molar-refractivity contribution in [3.8, 4) is 11.4 Å². The van der Waals surface area contributed by atoms with E-state index in [-0.39, 0.29) is 48.0 Å². The third-order valence-corrected chi connectivity index (χ3v) is 8.61. The van der Waals surface area contributed by atoms with Gasteiger partial charge in [0.25, 0.3) is 5.56 Å². The quantitative estimate of drug-likeness (QED) is 0.352. The molecule has 0 unspecified atom stereocenters. The van der Waals surface area contributed by atoms with Crippen LogP contribution in [0.1, 0.15) is 77.9 Å². The number of ether oxygens (including phenoxy) is 1. The van der Waals surface area contributed by atoms with Gasteiger partial charge >= 0.3 is 5.97 Å². The van der Waals surface area contributed by atoms with E-state index in [0.29, 0.717) is 29.7 Å². The zero-order chi connectivity index (χ0) is 26.5. The highest BCUT2D eigenvalue weighted by Crippen LogP contribution is 2.50. The summed E-state index contributed by atoms with van der Waals surface area (Å²) in [5.74, 6) is -1.44. The number of rotatable bonds is 4. The molecule has 7 rings (SSSR count). The molecule has 9 nitrogen and oxygen atoms in total. The summed E-state index contributed by atoms with van der Waals surface area (Å²) in [5, 5.41) is 24.3. The van der Waals surface area contributed by atoms with Crippen molar-refractivity contribution in [2.24, 2.45) is 0 Å². The van der Waals surface area contributed by atoms with Crippen LogP contribution in [0.4, 0.5) is 4.39 Å². The molecule has 3 aromatic rings. The van der Waals surface area contributed by atoms with Gasteiger partial charge in [0.15, 0.2) is 5.60 Å². The number of hydrogen-bond donors (Lipinski definition) is 3. The standard InChI is InChI=1S/C28H26FN3O6/c1-2-28(37)16-7-20-25-14(9-32(20)26(35)15(16)11-38-27(28)36)24-18(30-21(34)10-33)6-5-13-22(12-3-4-12)17(29)8-19(31-25)23(13)24/h7-8,12,18,33,37H,2-6,9-11H2,1H3,(H,30,34)/t18-,28+/m1/s1. The van der Waals surface area contributed by atoms with Gasteiger partial charge in [-0.1, -0.05) is 6.92 Å². The van der Waals surface area contributed by atoms with Crippen LogP contribution in [-0.2, 0) is 39.5 Å². The third kappa shape index (κ3) is 3.04. The van der Waals surface area contributed by atoms with E-state index in [0.717, 1.165) is 40.5 Å². The van der Waals surface area contributed by atoms with Gasteiger partial charge in [0.1, 0.15) is 19.0 Å². The van der Waals surface area contributed by atoms with Crippen LogP contribution in [0.3, 0.4) is 0 Å². The lowest BCUT2D eigenvalue weighted by atomic mass is 9.80. The molecule has 1 aromatic carbocycles.